The lowest BCUT2D eigenvalue weighted by Gasteiger charge is -2.13. The van der Waals surface area contributed by atoms with Gasteiger partial charge in [-0.2, -0.15) is 0 Å². The lowest BCUT2D eigenvalue weighted by molar-refractivity contribution is 0.112. The summed E-state index contributed by atoms with van der Waals surface area (Å²) in [6.45, 7) is 5.38. The molecule has 94 valence electrons. The predicted octanol–water partition coefficient (Wildman–Crippen LogP) is 3.68. The topological polar surface area (TPSA) is 35.5 Å². The molecular formula is C13H17IO3. The van der Waals surface area contributed by atoms with E-state index in [-0.39, 0.29) is 0 Å². The second-order valence-electron chi connectivity index (χ2n) is 3.65. The third-order valence-electron chi connectivity index (χ3n) is 2.09. The Kier molecular flexibility index (Phi) is 6.32. The summed E-state index contributed by atoms with van der Waals surface area (Å²) in [6.07, 6.45) is 2.69. The van der Waals surface area contributed by atoms with Crippen molar-refractivity contribution in [1.82, 2.24) is 0 Å². The van der Waals surface area contributed by atoms with Crippen LogP contribution in [0.3, 0.4) is 0 Å². The fourth-order valence-corrected chi connectivity index (χ4v) is 1.92. The molecule has 0 unspecified atom stereocenters. The highest BCUT2D eigenvalue weighted by Crippen LogP contribution is 2.32. The molecule has 0 aliphatic heterocycles. The molecule has 0 aliphatic carbocycles. The van der Waals surface area contributed by atoms with Crippen LogP contribution in [0.2, 0.25) is 0 Å². The van der Waals surface area contributed by atoms with Crippen molar-refractivity contribution in [3.8, 4) is 11.5 Å². The molecule has 4 heteroatoms. The second kappa shape index (κ2) is 7.53. The summed E-state index contributed by atoms with van der Waals surface area (Å²) < 4.78 is 12.1. The van der Waals surface area contributed by atoms with Gasteiger partial charge in [-0.25, -0.2) is 0 Å². The van der Waals surface area contributed by atoms with Crippen LogP contribution in [0.15, 0.2) is 12.1 Å². The van der Waals surface area contributed by atoms with E-state index in [1.807, 2.05) is 13.8 Å². The summed E-state index contributed by atoms with van der Waals surface area (Å²) in [6, 6.07) is 3.51. The molecule has 17 heavy (non-hydrogen) atoms. The molecule has 0 heterocycles. The van der Waals surface area contributed by atoms with Crippen LogP contribution < -0.4 is 9.47 Å². The molecule has 0 radical (unpaired) electrons. The minimum absolute atomic E-state index is 0.586. The van der Waals surface area contributed by atoms with E-state index in [2.05, 4.69) is 22.6 Å². The van der Waals surface area contributed by atoms with Crippen molar-refractivity contribution in [3.63, 3.8) is 0 Å². The first-order chi connectivity index (χ1) is 8.22. The first-order valence-electron chi connectivity index (χ1n) is 5.77. The minimum Gasteiger partial charge on any atom is -0.492 e. The summed E-state index contributed by atoms with van der Waals surface area (Å²) in [7, 11) is 0. The van der Waals surface area contributed by atoms with Gasteiger partial charge in [0.1, 0.15) is 17.8 Å². The maximum Gasteiger partial charge on any atom is 0.150 e. The summed E-state index contributed by atoms with van der Waals surface area (Å²) in [5.74, 6) is 1.45. The molecule has 0 spiro atoms. The fraction of sp³-hybridized carbons (Fsp3) is 0.462. The SMILES string of the molecule is CCCOc1cc(C=O)cc(OCCC)c1I. The maximum atomic E-state index is 10.9. The van der Waals surface area contributed by atoms with Crippen molar-refractivity contribution in [2.75, 3.05) is 13.2 Å². The van der Waals surface area contributed by atoms with E-state index < -0.39 is 0 Å². The molecule has 0 aromatic heterocycles. The number of rotatable bonds is 7. The van der Waals surface area contributed by atoms with Crippen LogP contribution in [0.4, 0.5) is 0 Å². The summed E-state index contributed by atoms with van der Waals surface area (Å²) in [5, 5.41) is 0. The van der Waals surface area contributed by atoms with Gasteiger partial charge in [0.25, 0.3) is 0 Å². The average Bonchev–Trinajstić information content (AvgIpc) is 2.36. The van der Waals surface area contributed by atoms with Crippen molar-refractivity contribution in [3.05, 3.63) is 21.3 Å². The van der Waals surface area contributed by atoms with Crippen molar-refractivity contribution in [2.24, 2.45) is 0 Å². The van der Waals surface area contributed by atoms with Gasteiger partial charge in [0.05, 0.1) is 16.8 Å². The number of hydrogen-bond acceptors (Lipinski definition) is 3. The van der Waals surface area contributed by atoms with Gasteiger partial charge in [-0.3, -0.25) is 4.79 Å². The largest absolute Gasteiger partial charge is 0.492 e. The first-order valence-corrected chi connectivity index (χ1v) is 6.85. The normalized spacial score (nSPS) is 10.1. The van der Waals surface area contributed by atoms with Crippen LogP contribution in [-0.2, 0) is 0 Å². The Morgan fingerprint density at radius 3 is 1.94 bits per heavy atom. The number of aldehydes is 1. The molecule has 0 saturated carbocycles. The van der Waals surface area contributed by atoms with Gasteiger partial charge < -0.3 is 9.47 Å². The molecule has 0 N–H and O–H groups in total. The molecule has 0 bridgehead atoms. The van der Waals surface area contributed by atoms with Crippen molar-refractivity contribution in [1.29, 1.82) is 0 Å². The van der Waals surface area contributed by atoms with Crippen LogP contribution in [0.1, 0.15) is 37.0 Å². The van der Waals surface area contributed by atoms with E-state index in [4.69, 9.17) is 9.47 Å². The molecule has 1 aromatic carbocycles. The van der Waals surface area contributed by atoms with Gasteiger partial charge in [0.15, 0.2) is 0 Å². The van der Waals surface area contributed by atoms with Gasteiger partial charge in [-0.1, -0.05) is 13.8 Å². The lowest BCUT2D eigenvalue weighted by atomic mass is 10.2. The Bertz CT molecular complexity index is 348. The van der Waals surface area contributed by atoms with E-state index in [9.17, 15) is 4.79 Å². The molecule has 1 rings (SSSR count). The molecule has 1 aromatic rings. The van der Waals surface area contributed by atoms with E-state index in [0.717, 1.165) is 34.2 Å². The van der Waals surface area contributed by atoms with Gasteiger partial charge in [0.2, 0.25) is 0 Å². The zero-order valence-corrected chi connectivity index (χ0v) is 12.3. The van der Waals surface area contributed by atoms with E-state index in [0.29, 0.717) is 18.8 Å². The zero-order chi connectivity index (χ0) is 12.7. The summed E-state index contributed by atoms with van der Waals surface area (Å²) in [5.41, 5.74) is 0.586. The van der Waals surface area contributed by atoms with Gasteiger partial charge in [0, 0.05) is 5.56 Å². The third kappa shape index (κ3) is 4.18. The number of halogens is 1. The minimum atomic E-state index is 0.586. The van der Waals surface area contributed by atoms with Crippen molar-refractivity contribution >= 4 is 28.9 Å². The Morgan fingerprint density at radius 1 is 1.12 bits per heavy atom. The quantitative estimate of drug-likeness (QED) is 0.557. The first kappa shape index (κ1) is 14.3. The molecule has 3 nitrogen and oxygen atoms in total. The molecular weight excluding hydrogens is 331 g/mol. The van der Waals surface area contributed by atoms with Crippen LogP contribution in [0.5, 0.6) is 11.5 Å². The Labute approximate surface area is 116 Å². The van der Waals surface area contributed by atoms with Gasteiger partial charge in [-0.05, 0) is 47.6 Å². The number of hydrogen-bond donors (Lipinski definition) is 0. The van der Waals surface area contributed by atoms with Crippen LogP contribution in [0.25, 0.3) is 0 Å². The smallest absolute Gasteiger partial charge is 0.150 e. The monoisotopic (exact) mass is 348 g/mol. The van der Waals surface area contributed by atoms with E-state index >= 15 is 0 Å². The molecule has 0 amide bonds. The number of carbonyl (C=O) groups excluding carboxylic acids is 1. The highest BCUT2D eigenvalue weighted by Gasteiger charge is 2.10. The second-order valence-corrected chi connectivity index (χ2v) is 4.72. The Morgan fingerprint density at radius 2 is 1.59 bits per heavy atom. The van der Waals surface area contributed by atoms with Crippen molar-refractivity contribution < 1.29 is 14.3 Å². The third-order valence-corrected chi connectivity index (χ3v) is 3.15. The highest BCUT2D eigenvalue weighted by molar-refractivity contribution is 14.1. The van der Waals surface area contributed by atoms with Crippen LogP contribution in [-0.4, -0.2) is 19.5 Å². The van der Waals surface area contributed by atoms with Crippen LogP contribution in [0, 0.1) is 3.57 Å². The van der Waals surface area contributed by atoms with E-state index in [1.54, 1.807) is 12.1 Å². The lowest BCUT2D eigenvalue weighted by Crippen LogP contribution is -2.02. The summed E-state index contributed by atoms with van der Waals surface area (Å²) >= 11 is 2.19. The molecule has 0 atom stereocenters. The number of carbonyl (C=O) groups is 1. The zero-order valence-electron chi connectivity index (χ0n) is 10.2. The van der Waals surface area contributed by atoms with Crippen LogP contribution >= 0.6 is 22.6 Å². The Hall–Kier alpha value is -0.780. The molecule has 0 fully saturated rings. The van der Waals surface area contributed by atoms with E-state index in [1.165, 1.54) is 0 Å². The van der Waals surface area contributed by atoms with Gasteiger partial charge >= 0.3 is 0 Å². The maximum absolute atomic E-state index is 10.9. The average molecular weight is 348 g/mol. The summed E-state index contributed by atoms with van der Waals surface area (Å²) in [4.78, 5) is 10.9. The number of ether oxygens (including phenoxy) is 2. The highest BCUT2D eigenvalue weighted by atomic mass is 127. The van der Waals surface area contributed by atoms with Gasteiger partial charge in [-0.15, -0.1) is 0 Å². The fourth-order valence-electron chi connectivity index (χ4n) is 1.29. The standard InChI is InChI=1S/C13H17IO3/c1-3-5-16-11-7-10(9-15)8-12(13(11)14)17-6-4-2/h7-9H,3-6H2,1-2H3. The Balaban J connectivity index is 2.98. The molecule has 0 aliphatic rings. The van der Waals surface area contributed by atoms with Crippen molar-refractivity contribution in [2.45, 2.75) is 26.7 Å². The number of benzene rings is 1. The molecule has 0 saturated heterocycles. The predicted molar refractivity (Wildman–Crippen MR) is 76.1 cm³/mol.